The molecule has 3 aromatic heterocycles. The number of aryl methyl sites for hydroxylation is 2. The summed E-state index contributed by atoms with van der Waals surface area (Å²) < 4.78 is 3.69. The maximum absolute atomic E-state index is 6.16. The average Bonchev–Trinajstić information content (AvgIpc) is 2.81. The van der Waals surface area contributed by atoms with Gasteiger partial charge in [-0.05, 0) is 19.9 Å². The van der Waals surface area contributed by atoms with Gasteiger partial charge in [-0.2, -0.15) is 5.10 Å². The molecule has 6 heteroatoms. The quantitative estimate of drug-likeness (QED) is 0.686. The van der Waals surface area contributed by atoms with E-state index in [0.717, 1.165) is 22.6 Å². The first kappa shape index (κ1) is 12.5. The van der Waals surface area contributed by atoms with Crippen molar-refractivity contribution in [1.29, 1.82) is 0 Å². The topological polar surface area (TPSA) is 35.1 Å². The van der Waals surface area contributed by atoms with Crippen molar-refractivity contribution in [2.24, 2.45) is 7.05 Å². The highest BCUT2D eigenvalue weighted by atomic mass is 35.5. The van der Waals surface area contributed by atoms with Crippen LogP contribution in [0.5, 0.6) is 0 Å². The molecule has 0 bridgehead atoms. The van der Waals surface area contributed by atoms with Gasteiger partial charge in [-0.15, -0.1) is 0 Å². The summed E-state index contributed by atoms with van der Waals surface area (Å²) in [6, 6.07) is 1.69. The molecule has 0 aromatic carbocycles. The maximum atomic E-state index is 6.16. The van der Waals surface area contributed by atoms with E-state index in [0.29, 0.717) is 15.7 Å². The molecule has 4 nitrogen and oxygen atoms in total. The molecule has 19 heavy (non-hydrogen) atoms. The van der Waals surface area contributed by atoms with Crippen LogP contribution in [0.3, 0.4) is 0 Å². The van der Waals surface area contributed by atoms with E-state index in [2.05, 4.69) is 10.1 Å². The van der Waals surface area contributed by atoms with Crippen LogP contribution in [0.4, 0.5) is 0 Å². The van der Waals surface area contributed by atoms with Crippen LogP contribution in [0, 0.1) is 13.8 Å². The number of rotatable bonds is 1. The third-order valence-corrected chi connectivity index (χ3v) is 3.72. The first-order chi connectivity index (χ1) is 8.97. The Morgan fingerprint density at radius 3 is 2.53 bits per heavy atom. The van der Waals surface area contributed by atoms with Gasteiger partial charge in [0.1, 0.15) is 0 Å². The Bertz CT molecular complexity index is 786. The lowest BCUT2D eigenvalue weighted by Gasteiger charge is -1.96. The van der Waals surface area contributed by atoms with Crippen LogP contribution in [-0.2, 0) is 7.05 Å². The Balaban J connectivity index is 2.29. The number of nitrogens with zero attached hydrogens (tertiary/aromatic N) is 4. The second-order valence-corrected chi connectivity index (χ2v) is 5.38. The van der Waals surface area contributed by atoms with Crippen molar-refractivity contribution in [3.05, 3.63) is 39.9 Å². The molecule has 0 amide bonds. The van der Waals surface area contributed by atoms with Crippen molar-refractivity contribution >= 4 is 28.8 Å². The molecule has 0 spiro atoms. The van der Waals surface area contributed by atoms with Gasteiger partial charge in [-0.1, -0.05) is 23.2 Å². The third kappa shape index (κ3) is 1.91. The fourth-order valence-electron chi connectivity index (χ4n) is 2.29. The highest BCUT2D eigenvalue weighted by molar-refractivity contribution is 6.36. The van der Waals surface area contributed by atoms with Crippen LogP contribution >= 0.6 is 23.2 Å². The molecule has 0 saturated heterocycles. The van der Waals surface area contributed by atoms with Gasteiger partial charge < -0.3 is 4.40 Å². The van der Waals surface area contributed by atoms with Gasteiger partial charge >= 0.3 is 0 Å². The van der Waals surface area contributed by atoms with Crippen LogP contribution in [0.25, 0.3) is 16.9 Å². The minimum Gasteiger partial charge on any atom is -0.304 e. The molecule has 0 N–H and O–H groups in total. The highest BCUT2D eigenvalue weighted by Crippen LogP contribution is 2.29. The van der Waals surface area contributed by atoms with Crippen molar-refractivity contribution in [2.45, 2.75) is 13.8 Å². The maximum Gasteiger partial charge on any atom is 0.156 e. The number of fused-ring (bicyclic) bond motifs is 1. The molecule has 0 radical (unpaired) electrons. The predicted molar refractivity (Wildman–Crippen MR) is 76.9 cm³/mol. The lowest BCUT2D eigenvalue weighted by atomic mass is 10.1. The molecule has 3 rings (SSSR count). The summed E-state index contributed by atoms with van der Waals surface area (Å²) in [7, 11) is 1.92. The van der Waals surface area contributed by atoms with E-state index in [4.69, 9.17) is 23.2 Å². The molecule has 0 saturated carbocycles. The number of imidazole rings is 1. The minimum atomic E-state index is 0.540. The van der Waals surface area contributed by atoms with Crippen molar-refractivity contribution in [2.75, 3.05) is 0 Å². The first-order valence-electron chi connectivity index (χ1n) is 5.81. The fraction of sp³-hybridized carbons (Fsp3) is 0.231. The summed E-state index contributed by atoms with van der Waals surface area (Å²) in [5.41, 5.74) is 4.61. The summed E-state index contributed by atoms with van der Waals surface area (Å²) in [4.78, 5) is 4.58. The summed E-state index contributed by atoms with van der Waals surface area (Å²) in [6.45, 7) is 3.99. The monoisotopic (exact) mass is 294 g/mol. The molecular formula is C13H12Cl2N4. The molecule has 0 aliphatic carbocycles. The summed E-state index contributed by atoms with van der Waals surface area (Å²) in [5.74, 6) is 0. The predicted octanol–water partition coefficient (Wildman–Crippen LogP) is 3.66. The van der Waals surface area contributed by atoms with Gasteiger partial charge in [0.2, 0.25) is 0 Å². The normalized spacial score (nSPS) is 11.4. The molecule has 0 unspecified atom stereocenters. The molecule has 0 fully saturated rings. The molecule has 3 aromatic rings. The van der Waals surface area contributed by atoms with E-state index in [1.165, 1.54) is 0 Å². The second kappa shape index (κ2) is 4.25. The number of pyridine rings is 1. The van der Waals surface area contributed by atoms with Crippen LogP contribution in [0.15, 0.2) is 18.5 Å². The minimum absolute atomic E-state index is 0.540. The van der Waals surface area contributed by atoms with Crippen LogP contribution in [-0.4, -0.2) is 19.2 Å². The van der Waals surface area contributed by atoms with E-state index in [1.54, 1.807) is 12.3 Å². The largest absolute Gasteiger partial charge is 0.304 e. The lowest BCUT2D eigenvalue weighted by molar-refractivity contribution is 0.731. The molecule has 0 aliphatic rings. The summed E-state index contributed by atoms with van der Waals surface area (Å²) >= 11 is 12.2. The van der Waals surface area contributed by atoms with E-state index in [9.17, 15) is 0 Å². The Labute approximate surface area is 120 Å². The standard InChI is InChI=1S/C13H12Cl2N4/c1-7-12(8(2)18(3)17-7)11-6-19-5-9(14)4-10(15)13(19)16-11/h4-6H,1-3H3. The highest BCUT2D eigenvalue weighted by Gasteiger charge is 2.16. The number of halogens is 2. The third-order valence-electron chi connectivity index (χ3n) is 3.24. The Morgan fingerprint density at radius 1 is 1.16 bits per heavy atom. The molecule has 0 aliphatic heterocycles. The Kier molecular flexibility index (Phi) is 2.80. The zero-order valence-electron chi connectivity index (χ0n) is 10.8. The van der Waals surface area contributed by atoms with E-state index < -0.39 is 0 Å². The van der Waals surface area contributed by atoms with E-state index >= 15 is 0 Å². The number of aromatic nitrogens is 4. The van der Waals surface area contributed by atoms with Crippen LogP contribution in [0.1, 0.15) is 11.4 Å². The van der Waals surface area contributed by atoms with Gasteiger partial charge in [0.15, 0.2) is 5.65 Å². The zero-order chi connectivity index (χ0) is 13.7. The SMILES string of the molecule is Cc1nn(C)c(C)c1-c1cn2cc(Cl)cc(Cl)c2n1. The molecule has 0 atom stereocenters. The van der Waals surface area contributed by atoms with Crippen molar-refractivity contribution < 1.29 is 0 Å². The van der Waals surface area contributed by atoms with Crippen molar-refractivity contribution in [3.63, 3.8) is 0 Å². The first-order valence-corrected chi connectivity index (χ1v) is 6.57. The van der Waals surface area contributed by atoms with Gasteiger partial charge in [0.05, 0.1) is 21.4 Å². The second-order valence-electron chi connectivity index (χ2n) is 4.53. The van der Waals surface area contributed by atoms with E-state index in [1.807, 2.05) is 36.2 Å². The van der Waals surface area contributed by atoms with Gasteiger partial charge in [0.25, 0.3) is 0 Å². The number of hydrogen-bond donors (Lipinski definition) is 0. The van der Waals surface area contributed by atoms with Crippen molar-refractivity contribution in [3.8, 4) is 11.3 Å². The Morgan fingerprint density at radius 2 is 1.89 bits per heavy atom. The zero-order valence-corrected chi connectivity index (χ0v) is 12.3. The van der Waals surface area contributed by atoms with Gasteiger partial charge in [-0.3, -0.25) is 4.68 Å². The van der Waals surface area contributed by atoms with Gasteiger partial charge in [-0.25, -0.2) is 4.98 Å². The van der Waals surface area contributed by atoms with Crippen LogP contribution in [0.2, 0.25) is 10.0 Å². The van der Waals surface area contributed by atoms with E-state index in [-0.39, 0.29) is 0 Å². The summed E-state index contributed by atoms with van der Waals surface area (Å²) in [5, 5.41) is 5.53. The average molecular weight is 295 g/mol. The molecular weight excluding hydrogens is 283 g/mol. The summed E-state index contributed by atoms with van der Waals surface area (Å²) in [6.07, 6.45) is 3.71. The van der Waals surface area contributed by atoms with Gasteiger partial charge in [0, 0.05) is 30.7 Å². The Hall–Kier alpha value is -1.52. The fourth-order valence-corrected chi connectivity index (χ4v) is 2.82. The van der Waals surface area contributed by atoms with Crippen LogP contribution < -0.4 is 0 Å². The van der Waals surface area contributed by atoms with Crippen molar-refractivity contribution in [1.82, 2.24) is 19.2 Å². The molecule has 3 heterocycles. The lowest BCUT2D eigenvalue weighted by Crippen LogP contribution is -1.92. The number of hydrogen-bond acceptors (Lipinski definition) is 2. The molecule has 98 valence electrons. The smallest absolute Gasteiger partial charge is 0.156 e.